The smallest absolute Gasteiger partial charge is 0.286 e. The van der Waals surface area contributed by atoms with Crippen LogP contribution in [0.2, 0.25) is 0 Å². The molecule has 0 bridgehead atoms. The molecule has 0 saturated heterocycles. The van der Waals surface area contributed by atoms with E-state index in [-0.39, 0.29) is 5.91 Å². The molecule has 3 aromatic rings. The third-order valence-electron chi connectivity index (χ3n) is 4.89. The lowest BCUT2D eigenvalue weighted by atomic mass is 10.1. The van der Waals surface area contributed by atoms with Crippen LogP contribution in [-0.2, 0) is 6.42 Å². The number of hydrogen-bond acceptors (Lipinski definition) is 5. The van der Waals surface area contributed by atoms with Gasteiger partial charge < -0.3 is 24.1 Å². The van der Waals surface area contributed by atoms with Gasteiger partial charge in [0.05, 0.1) is 14.2 Å². The van der Waals surface area contributed by atoms with E-state index in [0.717, 1.165) is 35.7 Å². The molecule has 0 atom stereocenters. The highest BCUT2D eigenvalue weighted by Gasteiger charge is 2.13. The number of rotatable bonds is 10. The summed E-state index contributed by atoms with van der Waals surface area (Å²) < 4.78 is 16.4. The van der Waals surface area contributed by atoms with Crippen molar-refractivity contribution in [3.63, 3.8) is 0 Å². The predicted octanol–water partition coefficient (Wildman–Crippen LogP) is 4.14. The van der Waals surface area contributed by atoms with Crippen LogP contribution in [0.1, 0.15) is 28.3 Å². The zero-order valence-corrected chi connectivity index (χ0v) is 17.7. The third kappa shape index (κ3) is 5.56. The summed E-state index contributed by atoms with van der Waals surface area (Å²) in [6.07, 6.45) is 1.35. The van der Waals surface area contributed by atoms with E-state index in [1.165, 1.54) is 0 Å². The number of carbonyl (C=O) groups excluding carboxylic acids is 1. The van der Waals surface area contributed by atoms with Crippen LogP contribution in [0.5, 0.6) is 11.5 Å². The zero-order valence-electron chi connectivity index (χ0n) is 17.7. The minimum Gasteiger partial charge on any atom is -0.497 e. The molecule has 30 heavy (non-hydrogen) atoms. The van der Waals surface area contributed by atoms with E-state index in [4.69, 9.17) is 13.9 Å². The molecule has 0 saturated carbocycles. The molecule has 0 unspecified atom stereocenters. The van der Waals surface area contributed by atoms with Crippen LogP contribution < -0.4 is 19.7 Å². The number of methoxy groups -OCH3 is 2. The molecule has 2 aromatic carbocycles. The fraction of sp³-hybridized carbons (Fsp3) is 0.292. The van der Waals surface area contributed by atoms with E-state index in [1.54, 1.807) is 20.3 Å². The van der Waals surface area contributed by atoms with Crippen LogP contribution in [-0.4, -0.2) is 40.3 Å². The van der Waals surface area contributed by atoms with Gasteiger partial charge in [0.15, 0.2) is 5.76 Å². The van der Waals surface area contributed by atoms with Gasteiger partial charge in [-0.2, -0.15) is 0 Å². The molecule has 0 radical (unpaired) electrons. The number of amides is 1. The number of para-hydroxylation sites is 1. The molecule has 1 amide bonds. The molecular weight excluding hydrogens is 380 g/mol. The van der Waals surface area contributed by atoms with Gasteiger partial charge in [-0.3, -0.25) is 4.79 Å². The Labute approximate surface area is 177 Å². The first-order chi connectivity index (χ1) is 14.6. The number of hydrogen-bond donors (Lipinski definition) is 1. The molecular formula is C24H28N2O4. The molecule has 1 N–H and O–H groups in total. The summed E-state index contributed by atoms with van der Waals surface area (Å²) in [5, 5.41) is 2.92. The average molecular weight is 408 g/mol. The Bertz CT molecular complexity index is 953. The first kappa shape index (κ1) is 21.3. The summed E-state index contributed by atoms with van der Waals surface area (Å²) in [4.78, 5) is 14.6. The molecule has 0 spiro atoms. The Morgan fingerprint density at radius 3 is 2.57 bits per heavy atom. The molecule has 0 fully saturated rings. The van der Waals surface area contributed by atoms with Gasteiger partial charge in [-0.1, -0.05) is 18.2 Å². The number of carbonyl (C=O) groups is 1. The molecule has 6 nitrogen and oxygen atoms in total. The van der Waals surface area contributed by atoms with Gasteiger partial charge in [0.25, 0.3) is 5.91 Å². The number of benzene rings is 2. The lowest BCUT2D eigenvalue weighted by Gasteiger charge is -2.19. The van der Waals surface area contributed by atoms with Crippen molar-refractivity contribution in [1.82, 2.24) is 5.32 Å². The van der Waals surface area contributed by atoms with Gasteiger partial charge in [-0.05, 0) is 48.9 Å². The maximum absolute atomic E-state index is 12.4. The lowest BCUT2D eigenvalue weighted by molar-refractivity contribution is 0.0924. The Hall–Kier alpha value is -3.41. The second kappa shape index (κ2) is 10.4. The first-order valence-corrected chi connectivity index (χ1v) is 9.94. The van der Waals surface area contributed by atoms with E-state index in [9.17, 15) is 4.79 Å². The van der Waals surface area contributed by atoms with Crippen molar-refractivity contribution in [2.75, 3.05) is 39.3 Å². The lowest BCUT2D eigenvalue weighted by Crippen LogP contribution is -2.27. The standard InChI is InChI=1S/C24H28N2O4/c1-26(19-8-5-4-6-9-19)15-7-14-25-24(27)23-13-11-21(30-23)17-18-16-20(28-2)10-12-22(18)29-3/h4-6,8-13,16H,7,14-15,17H2,1-3H3,(H,25,27). The second-order valence-corrected chi connectivity index (χ2v) is 6.99. The molecule has 3 rings (SSSR count). The Morgan fingerprint density at radius 1 is 1.03 bits per heavy atom. The van der Waals surface area contributed by atoms with Crippen LogP contribution in [0.15, 0.2) is 65.1 Å². The monoisotopic (exact) mass is 408 g/mol. The van der Waals surface area contributed by atoms with Gasteiger partial charge in [0, 0.05) is 37.8 Å². The maximum atomic E-state index is 12.4. The first-order valence-electron chi connectivity index (χ1n) is 9.94. The highest BCUT2D eigenvalue weighted by atomic mass is 16.5. The van der Waals surface area contributed by atoms with Crippen LogP contribution in [0, 0.1) is 0 Å². The van der Waals surface area contributed by atoms with E-state index in [0.29, 0.717) is 24.5 Å². The third-order valence-corrected chi connectivity index (χ3v) is 4.89. The second-order valence-electron chi connectivity index (χ2n) is 6.99. The molecule has 158 valence electrons. The van der Waals surface area contributed by atoms with Gasteiger partial charge in [-0.15, -0.1) is 0 Å². The SMILES string of the molecule is COc1ccc(OC)c(Cc2ccc(C(=O)NCCCN(C)c3ccccc3)o2)c1. The zero-order chi connectivity index (χ0) is 21.3. The summed E-state index contributed by atoms with van der Waals surface area (Å²) in [5.74, 6) is 2.29. The van der Waals surface area contributed by atoms with Crippen molar-refractivity contribution >= 4 is 11.6 Å². The highest BCUT2D eigenvalue weighted by molar-refractivity contribution is 5.91. The van der Waals surface area contributed by atoms with Gasteiger partial charge >= 0.3 is 0 Å². The summed E-state index contributed by atoms with van der Waals surface area (Å²) in [7, 11) is 5.29. The fourth-order valence-corrected chi connectivity index (χ4v) is 3.22. The molecule has 6 heteroatoms. The highest BCUT2D eigenvalue weighted by Crippen LogP contribution is 2.27. The topological polar surface area (TPSA) is 63.9 Å². The Kier molecular flexibility index (Phi) is 7.38. The predicted molar refractivity (Wildman–Crippen MR) is 118 cm³/mol. The Balaban J connectivity index is 1.50. The normalized spacial score (nSPS) is 10.5. The molecule has 0 aliphatic carbocycles. The van der Waals surface area contributed by atoms with Crippen LogP contribution >= 0.6 is 0 Å². The van der Waals surface area contributed by atoms with Crippen molar-refractivity contribution in [2.45, 2.75) is 12.8 Å². The average Bonchev–Trinajstić information content (AvgIpc) is 3.25. The Morgan fingerprint density at radius 2 is 1.83 bits per heavy atom. The van der Waals surface area contributed by atoms with Crippen LogP contribution in [0.4, 0.5) is 5.69 Å². The number of furan rings is 1. The minimum atomic E-state index is -0.207. The quantitative estimate of drug-likeness (QED) is 0.511. The number of ether oxygens (including phenoxy) is 2. The van der Waals surface area contributed by atoms with Gasteiger partial charge in [-0.25, -0.2) is 0 Å². The van der Waals surface area contributed by atoms with E-state index < -0.39 is 0 Å². The molecule has 1 aromatic heterocycles. The van der Waals surface area contributed by atoms with Gasteiger partial charge in [0.2, 0.25) is 0 Å². The molecule has 1 heterocycles. The molecule has 0 aliphatic rings. The van der Waals surface area contributed by atoms with Crippen molar-refractivity contribution in [3.8, 4) is 11.5 Å². The number of nitrogens with one attached hydrogen (secondary N) is 1. The van der Waals surface area contributed by atoms with Crippen LogP contribution in [0.3, 0.4) is 0 Å². The summed E-state index contributed by atoms with van der Waals surface area (Å²) >= 11 is 0. The van der Waals surface area contributed by atoms with Crippen molar-refractivity contribution in [3.05, 3.63) is 77.7 Å². The van der Waals surface area contributed by atoms with Crippen molar-refractivity contribution < 1.29 is 18.7 Å². The molecule has 0 aliphatic heterocycles. The number of anilines is 1. The summed E-state index contributed by atoms with van der Waals surface area (Å²) in [5.41, 5.74) is 2.09. The van der Waals surface area contributed by atoms with E-state index in [2.05, 4.69) is 22.3 Å². The summed E-state index contributed by atoms with van der Waals surface area (Å²) in [6, 6.07) is 19.3. The largest absolute Gasteiger partial charge is 0.497 e. The van der Waals surface area contributed by atoms with Crippen LogP contribution in [0.25, 0.3) is 0 Å². The van der Waals surface area contributed by atoms with E-state index >= 15 is 0 Å². The summed E-state index contributed by atoms with van der Waals surface area (Å²) in [6.45, 7) is 1.43. The minimum absolute atomic E-state index is 0.207. The maximum Gasteiger partial charge on any atom is 0.286 e. The fourth-order valence-electron chi connectivity index (χ4n) is 3.22. The van der Waals surface area contributed by atoms with Gasteiger partial charge in [0.1, 0.15) is 17.3 Å². The number of nitrogens with zero attached hydrogens (tertiary/aromatic N) is 1. The van der Waals surface area contributed by atoms with Crippen molar-refractivity contribution in [1.29, 1.82) is 0 Å². The van der Waals surface area contributed by atoms with Crippen molar-refractivity contribution in [2.24, 2.45) is 0 Å². The van der Waals surface area contributed by atoms with E-state index in [1.807, 2.05) is 49.5 Å².